The van der Waals surface area contributed by atoms with Gasteiger partial charge in [-0.05, 0) is 63.1 Å². The Morgan fingerprint density at radius 3 is 1.47 bits per heavy atom. The van der Waals surface area contributed by atoms with Crippen molar-refractivity contribution in [1.82, 2.24) is 15.0 Å². The molecule has 0 bridgehead atoms. The van der Waals surface area contributed by atoms with Crippen molar-refractivity contribution in [2.24, 2.45) is 0 Å². The minimum atomic E-state index is -0.0412. The molecule has 3 aromatic carbocycles. The van der Waals surface area contributed by atoms with Gasteiger partial charge in [-0.2, -0.15) is 0 Å². The summed E-state index contributed by atoms with van der Waals surface area (Å²) >= 11 is 0. The molecule has 7 heteroatoms. The quantitative estimate of drug-likeness (QED) is 0.277. The Hall–Kier alpha value is -4.65. The zero-order valence-electron chi connectivity index (χ0n) is 20.6. The van der Waals surface area contributed by atoms with Crippen molar-refractivity contribution in [3.63, 3.8) is 0 Å². The first-order chi connectivity index (χ1) is 17.3. The Kier molecular flexibility index (Phi) is 7.30. The standard InChI is InChI=1S/C29H27N3O4/c1-18(2)16-35-21-10-12-23(25(33)14-21)28-30-27(20-8-6-5-7-9-20)31-29(32-28)24-13-11-22(15-26(24)34)36-17-19(3)4/h5-17,33-34H,1-4H3. The summed E-state index contributed by atoms with van der Waals surface area (Å²) in [6.07, 6.45) is 3.22. The van der Waals surface area contributed by atoms with Gasteiger partial charge in [0, 0.05) is 17.7 Å². The third kappa shape index (κ3) is 5.88. The van der Waals surface area contributed by atoms with Gasteiger partial charge in [-0.15, -0.1) is 0 Å². The summed E-state index contributed by atoms with van der Waals surface area (Å²) in [4.78, 5) is 13.8. The molecular formula is C29H27N3O4. The molecule has 0 saturated carbocycles. The number of aromatic nitrogens is 3. The molecule has 4 rings (SSSR count). The summed E-state index contributed by atoms with van der Waals surface area (Å²) in [6.45, 7) is 7.67. The number of phenolic OH excluding ortho intramolecular Hbond substituents is 2. The minimum Gasteiger partial charge on any atom is -0.507 e. The van der Waals surface area contributed by atoms with Gasteiger partial charge in [-0.25, -0.2) is 15.0 Å². The molecular weight excluding hydrogens is 454 g/mol. The molecule has 1 heterocycles. The number of nitrogens with zero attached hydrogens (tertiary/aromatic N) is 3. The molecule has 2 N–H and O–H groups in total. The average Bonchev–Trinajstić information content (AvgIpc) is 2.86. The van der Waals surface area contributed by atoms with Crippen molar-refractivity contribution in [3.05, 3.63) is 90.4 Å². The number of benzene rings is 3. The van der Waals surface area contributed by atoms with Crippen LogP contribution in [-0.2, 0) is 0 Å². The number of hydrogen-bond donors (Lipinski definition) is 2. The topological polar surface area (TPSA) is 97.6 Å². The van der Waals surface area contributed by atoms with E-state index in [4.69, 9.17) is 9.47 Å². The maximum Gasteiger partial charge on any atom is 0.167 e. The highest BCUT2D eigenvalue weighted by molar-refractivity contribution is 5.72. The Morgan fingerprint density at radius 1 is 0.611 bits per heavy atom. The van der Waals surface area contributed by atoms with E-state index in [2.05, 4.69) is 15.0 Å². The van der Waals surface area contributed by atoms with Gasteiger partial charge in [0.25, 0.3) is 0 Å². The lowest BCUT2D eigenvalue weighted by atomic mass is 10.1. The van der Waals surface area contributed by atoms with Crippen molar-refractivity contribution in [1.29, 1.82) is 0 Å². The number of hydrogen-bond acceptors (Lipinski definition) is 7. The lowest BCUT2D eigenvalue weighted by Gasteiger charge is -2.11. The Bertz CT molecular complexity index is 1350. The second-order valence-electron chi connectivity index (χ2n) is 8.66. The first-order valence-electron chi connectivity index (χ1n) is 11.4. The summed E-state index contributed by atoms with van der Waals surface area (Å²) in [7, 11) is 0. The Morgan fingerprint density at radius 2 is 1.06 bits per heavy atom. The van der Waals surface area contributed by atoms with E-state index in [1.807, 2.05) is 58.0 Å². The predicted octanol–water partition coefficient (Wildman–Crippen LogP) is 6.89. The first-order valence-corrected chi connectivity index (χ1v) is 11.4. The normalized spacial score (nSPS) is 10.4. The molecule has 0 aliphatic heterocycles. The number of phenols is 2. The number of rotatable bonds is 7. The molecule has 7 nitrogen and oxygen atoms in total. The third-order valence-corrected chi connectivity index (χ3v) is 4.95. The molecule has 0 atom stereocenters. The van der Waals surface area contributed by atoms with Crippen LogP contribution in [0, 0.1) is 0 Å². The van der Waals surface area contributed by atoms with E-state index < -0.39 is 0 Å². The average molecular weight is 482 g/mol. The van der Waals surface area contributed by atoms with E-state index in [0.717, 1.165) is 16.7 Å². The van der Waals surface area contributed by atoms with Gasteiger partial charge in [0.1, 0.15) is 23.0 Å². The highest BCUT2D eigenvalue weighted by Gasteiger charge is 2.17. The van der Waals surface area contributed by atoms with Crippen LogP contribution in [0.3, 0.4) is 0 Å². The molecule has 0 spiro atoms. The van der Waals surface area contributed by atoms with Gasteiger partial charge < -0.3 is 19.7 Å². The maximum atomic E-state index is 10.8. The summed E-state index contributed by atoms with van der Waals surface area (Å²) in [5.41, 5.74) is 3.57. The van der Waals surface area contributed by atoms with Crippen molar-refractivity contribution in [3.8, 4) is 57.2 Å². The van der Waals surface area contributed by atoms with Crippen LogP contribution in [-0.4, -0.2) is 25.2 Å². The summed E-state index contributed by atoms with van der Waals surface area (Å²) in [5, 5.41) is 21.5. The zero-order chi connectivity index (χ0) is 25.7. The van der Waals surface area contributed by atoms with Crippen LogP contribution < -0.4 is 9.47 Å². The molecule has 1 aromatic heterocycles. The SMILES string of the molecule is CC(C)=COc1ccc(-c2nc(-c3ccccc3)nc(-c3ccc(OC=C(C)C)cc3O)n2)c(O)c1. The third-order valence-electron chi connectivity index (χ3n) is 4.95. The lowest BCUT2D eigenvalue weighted by Crippen LogP contribution is -2.00. The Balaban J connectivity index is 1.81. The molecule has 36 heavy (non-hydrogen) atoms. The van der Waals surface area contributed by atoms with E-state index in [0.29, 0.717) is 28.5 Å². The van der Waals surface area contributed by atoms with Crippen LogP contribution in [0.15, 0.2) is 90.4 Å². The van der Waals surface area contributed by atoms with Crippen molar-refractivity contribution in [2.75, 3.05) is 0 Å². The maximum absolute atomic E-state index is 10.8. The molecule has 0 aliphatic rings. The summed E-state index contributed by atoms with van der Waals surface area (Å²) < 4.78 is 11.1. The molecule has 4 aromatic rings. The molecule has 0 unspecified atom stereocenters. The number of allylic oxidation sites excluding steroid dienone is 2. The van der Waals surface area contributed by atoms with Crippen LogP contribution in [0.4, 0.5) is 0 Å². The van der Waals surface area contributed by atoms with Crippen LogP contribution >= 0.6 is 0 Å². The van der Waals surface area contributed by atoms with Gasteiger partial charge >= 0.3 is 0 Å². The summed E-state index contributed by atoms with van der Waals surface area (Å²) in [6, 6.07) is 19.3. The van der Waals surface area contributed by atoms with Crippen LogP contribution in [0.25, 0.3) is 34.2 Å². The highest BCUT2D eigenvalue weighted by Crippen LogP contribution is 2.35. The number of aromatic hydroxyl groups is 2. The van der Waals surface area contributed by atoms with Gasteiger partial charge in [-0.1, -0.05) is 30.3 Å². The van der Waals surface area contributed by atoms with Crippen LogP contribution in [0.5, 0.6) is 23.0 Å². The predicted molar refractivity (Wildman–Crippen MR) is 140 cm³/mol. The minimum absolute atomic E-state index is 0.0412. The van der Waals surface area contributed by atoms with E-state index in [1.54, 1.807) is 36.8 Å². The fourth-order valence-electron chi connectivity index (χ4n) is 3.25. The lowest BCUT2D eigenvalue weighted by molar-refractivity contribution is 0.452. The van der Waals surface area contributed by atoms with E-state index >= 15 is 0 Å². The first kappa shape index (κ1) is 24.5. The molecule has 0 radical (unpaired) electrons. The van der Waals surface area contributed by atoms with Crippen molar-refractivity contribution >= 4 is 0 Å². The van der Waals surface area contributed by atoms with Crippen LogP contribution in [0.2, 0.25) is 0 Å². The molecule has 0 fully saturated rings. The van der Waals surface area contributed by atoms with E-state index in [9.17, 15) is 10.2 Å². The van der Waals surface area contributed by atoms with Gasteiger partial charge in [0.2, 0.25) is 0 Å². The fourth-order valence-corrected chi connectivity index (χ4v) is 3.25. The second kappa shape index (κ2) is 10.7. The second-order valence-corrected chi connectivity index (χ2v) is 8.66. The van der Waals surface area contributed by atoms with Gasteiger partial charge in [0.15, 0.2) is 17.5 Å². The molecule has 0 saturated heterocycles. The fraction of sp³-hybridized carbons (Fsp3) is 0.138. The van der Waals surface area contributed by atoms with Crippen LogP contribution in [0.1, 0.15) is 27.7 Å². The number of ether oxygens (including phenoxy) is 2. The Labute approximate surface area is 210 Å². The van der Waals surface area contributed by atoms with E-state index in [1.165, 1.54) is 12.1 Å². The smallest absolute Gasteiger partial charge is 0.167 e. The largest absolute Gasteiger partial charge is 0.507 e. The molecule has 182 valence electrons. The summed E-state index contributed by atoms with van der Waals surface area (Å²) in [5.74, 6) is 1.81. The monoisotopic (exact) mass is 481 g/mol. The highest BCUT2D eigenvalue weighted by atomic mass is 16.5. The zero-order valence-corrected chi connectivity index (χ0v) is 20.6. The van der Waals surface area contributed by atoms with Gasteiger partial charge in [-0.3, -0.25) is 0 Å². The van der Waals surface area contributed by atoms with Crippen molar-refractivity contribution in [2.45, 2.75) is 27.7 Å². The van der Waals surface area contributed by atoms with Gasteiger partial charge in [0.05, 0.1) is 23.7 Å². The molecule has 0 aliphatic carbocycles. The van der Waals surface area contributed by atoms with Crippen molar-refractivity contribution < 1.29 is 19.7 Å². The van der Waals surface area contributed by atoms with E-state index in [-0.39, 0.29) is 23.1 Å². The molecule has 0 amide bonds.